The molecule has 8 nitrogen and oxygen atoms in total. The molecule has 1 aliphatic heterocycles. The molecule has 1 aromatic rings. The molecule has 172 valence electrons. The number of carbonyl (C=O) groups excluding carboxylic acids is 3. The summed E-state index contributed by atoms with van der Waals surface area (Å²) in [6, 6.07) is 7.38. The third-order valence-electron chi connectivity index (χ3n) is 6.43. The van der Waals surface area contributed by atoms with E-state index in [-0.39, 0.29) is 65.4 Å². The second-order valence-corrected chi connectivity index (χ2v) is 8.24. The van der Waals surface area contributed by atoms with Crippen molar-refractivity contribution < 1.29 is 14.4 Å². The molecule has 9 heteroatoms. The SMILES string of the molecule is CCNC(=O)c1ccc(CNC(=NC)NCCN2C(=O)C3C4C=CC(C4)C3C2=O)cc1.I. The lowest BCUT2D eigenvalue weighted by Gasteiger charge is -2.18. The molecule has 0 aromatic heterocycles. The van der Waals surface area contributed by atoms with Crippen LogP contribution in [0.4, 0.5) is 0 Å². The lowest BCUT2D eigenvalue weighted by atomic mass is 9.85. The van der Waals surface area contributed by atoms with Crippen LogP contribution in [-0.2, 0) is 16.1 Å². The summed E-state index contributed by atoms with van der Waals surface area (Å²) in [5.74, 6) is 0.626. The summed E-state index contributed by atoms with van der Waals surface area (Å²) in [6.45, 7) is 3.80. The molecule has 0 radical (unpaired) electrons. The zero-order chi connectivity index (χ0) is 22.0. The third kappa shape index (κ3) is 4.67. The molecule has 1 heterocycles. The third-order valence-corrected chi connectivity index (χ3v) is 6.43. The van der Waals surface area contributed by atoms with Crippen LogP contribution in [-0.4, -0.2) is 55.3 Å². The highest BCUT2D eigenvalue weighted by Crippen LogP contribution is 2.52. The Kier molecular flexibility index (Phi) is 7.91. The second-order valence-electron chi connectivity index (χ2n) is 8.24. The van der Waals surface area contributed by atoms with Crippen molar-refractivity contribution in [2.24, 2.45) is 28.7 Å². The average molecular weight is 551 g/mol. The fourth-order valence-electron chi connectivity index (χ4n) is 4.91. The van der Waals surface area contributed by atoms with E-state index in [4.69, 9.17) is 0 Å². The highest BCUT2D eigenvalue weighted by atomic mass is 127. The Morgan fingerprint density at radius 1 is 1.03 bits per heavy atom. The van der Waals surface area contributed by atoms with E-state index >= 15 is 0 Å². The van der Waals surface area contributed by atoms with Gasteiger partial charge in [0, 0.05) is 38.8 Å². The van der Waals surface area contributed by atoms with Gasteiger partial charge in [0.05, 0.1) is 11.8 Å². The summed E-state index contributed by atoms with van der Waals surface area (Å²) in [4.78, 5) is 42.9. The normalized spacial score (nSPS) is 25.6. The van der Waals surface area contributed by atoms with Gasteiger partial charge in [-0.15, -0.1) is 24.0 Å². The summed E-state index contributed by atoms with van der Waals surface area (Å²) in [5.41, 5.74) is 1.64. The number of nitrogens with zero attached hydrogens (tertiary/aromatic N) is 2. The Hall–Kier alpha value is -2.43. The van der Waals surface area contributed by atoms with Crippen LogP contribution in [0, 0.1) is 23.7 Å². The smallest absolute Gasteiger partial charge is 0.251 e. The van der Waals surface area contributed by atoms with Crippen LogP contribution in [0.15, 0.2) is 41.4 Å². The first-order chi connectivity index (χ1) is 15.0. The van der Waals surface area contributed by atoms with Crippen LogP contribution in [0.1, 0.15) is 29.3 Å². The van der Waals surface area contributed by atoms with Gasteiger partial charge in [0.2, 0.25) is 11.8 Å². The Morgan fingerprint density at radius 3 is 2.22 bits per heavy atom. The predicted octanol–water partition coefficient (Wildman–Crippen LogP) is 1.53. The molecule has 4 unspecified atom stereocenters. The summed E-state index contributed by atoms with van der Waals surface area (Å²) >= 11 is 0. The molecule has 0 spiro atoms. The molecule has 32 heavy (non-hydrogen) atoms. The molecule has 2 bridgehead atoms. The lowest BCUT2D eigenvalue weighted by molar-refractivity contribution is -0.140. The number of carbonyl (C=O) groups is 3. The maximum atomic E-state index is 12.7. The minimum absolute atomic E-state index is 0. The number of hydrogen-bond donors (Lipinski definition) is 3. The number of nitrogens with one attached hydrogen (secondary N) is 3. The minimum atomic E-state index is -0.151. The van der Waals surface area contributed by atoms with Crippen molar-refractivity contribution in [1.29, 1.82) is 0 Å². The summed E-state index contributed by atoms with van der Waals surface area (Å²) < 4.78 is 0. The van der Waals surface area contributed by atoms with Gasteiger partial charge in [-0.1, -0.05) is 24.3 Å². The van der Waals surface area contributed by atoms with Crippen molar-refractivity contribution >= 4 is 47.7 Å². The second kappa shape index (κ2) is 10.5. The fourth-order valence-corrected chi connectivity index (χ4v) is 4.91. The summed E-state index contributed by atoms with van der Waals surface area (Å²) in [7, 11) is 1.67. The van der Waals surface area contributed by atoms with E-state index < -0.39 is 0 Å². The molecule has 3 amide bonds. The van der Waals surface area contributed by atoms with Crippen molar-refractivity contribution in [2.75, 3.05) is 26.7 Å². The zero-order valence-electron chi connectivity index (χ0n) is 18.3. The molecule has 3 aliphatic rings. The van der Waals surface area contributed by atoms with Crippen molar-refractivity contribution in [3.63, 3.8) is 0 Å². The van der Waals surface area contributed by atoms with E-state index in [0.717, 1.165) is 12.0 Å². The van der Waals surface area contributed by atoms with Gasteiger partial charge in [0.15, 0.2) is 5.96 Å². The van der Waals surface area contributed by atoms with Crippen LogP contribution in [0.3, 0.4) is 0 Å². The van der Waals surface area contributed by atoms with Crippen LogP contribution in [0.25, 0.3) is 0 Å². The molecular formula is C23H30IN5O3. The maximum Gasteiger partial charge on any atom is 0.251 e. The van der Waals surface area contributed by atoms with E-state index in [2.05, 4.69) is 33.1 Å². The molecule has 1 aromatic carbocycles. The summed E-state index contributed by atoms with van der Waals surface area (Å²) in [6.07, 6.45) is 5.15. The molecular weight excluding hydrogens is 521 g/mol. The van der Waals surface area contributed by atoms with Crippen LogP contribution in [0.5, 0.6) is 0 Å². The van der Waals surface area contributed by atoms with Gasteiger partial charge in [-0.2, -0.15) is 0 Å². The van der Waals surface area contributed by atoms with E-state index in [9.17, 15) is 14.4 Å². The van der Waals surface area contributed by atoms with Gasteiger partial charge in [0.25, 0.3) is 5.91 Å². The number of guanidine groups is 1. The minimum Gasteiger partial charge on any atom is -0.355 e. The first-order valence-electron chi connectivity index (χ1n) is 10.9. The number of allylic oxidation sites excluding steroid dienone is 2. The van der Waals surface area contributed by atoms with Gasteiger partial charge in [-0.3, -0.25) is 24.3 Å². The maximum absolute atomic E-state index is 12.7. The van der Waals surface area contributed by atoms with E-state index in [1.807, 2.05) is 19.1 Å². The molecule has 3 N–H and O–H groups in total. The number of hydrogen-bond acceptors (Lipinski definition) is 4. The monoisotopic (exact) mass is 551 g/mol. The fraction of sp³-hybridized carbons (Fsp3) is 0.478. The zero-order valence-corrected chi connectivity index (χ0v) is 20.7. The topological polar surface area (TPSA) is 103 Å². The van der Waals surface area contributed by atoms with Crippen molar-refractivity contribution in [3.8, 4) is 0 Å². The number of likely N-dealkylation sites (tertiary alicyclic amines) is 1. The van der Waals surface area contributed by atoms with Crippen molar-refractivity contribution in [2.45, 2.75) is 19.9 Å². The van der Waals surface area contributed by atoms with Crippen LogP contribution in [0.2, 0.25) is 0 Å². The quantitative estimate of drug-likeness (QED) is 0.157. The molecule has 2 aliphatic carbocycles. The number of rotatable bonds is 7. The molecule has 4 rings (SSSR count). The Morgan fingerprint density at radius 2 is 1.66 bits per heavy atom. The first-order valence-corrected chi connectivity index (χ1v) is 10.9. The van der Waals surface area contributed by atoms with Gasteiger partial charge in [-0.25, -0.2) is 0 Å². The predicted molar refractivity (Wildman–Crippen MR) is 133 cm³/mol. The Bertz CT molecular complexity index is 900. The number of aliphatic imine (C=N–C) groups is 1. The Balaban J connectivity index is 0.00000289. The van der Waals surface area contributed by atoms with Crippen molar-refractivity contribution in [1.82, 2.24) is 20.9 Å². The van der Waals surface area contributed by atoms with Gasteiger partial charge >= 0.3 is 0 Å². The summed E-state index contributed by atoms with van der Waals surface area (Å²) in [5, 5.41) is 9.16. The van der Waals surface area contributed by atoms with E-state index in [1.165, 1.54) is 4.90 Å². The van der Waals surface area contributed by atoms with Gasteiger partial charge in [0.1, 0.15) is 0 Å². The molecule has 1 saturated heterocycles. The molecule has 1 saturated carbocycles. The number of halogens is 1. The van der Waals surface area contributed by atoms with Crippen molar-refractivity contribution in [3.05, 3.63) is 47.5 Å². The molecule has 2 fully saturated rings. The van der Waals surface area contributed by atoms with Crippen LogP contribution >= 0.6 is 24.0 Å². The number of amides is 3. The lowest BCUT2D eigenvalue weighted by Crippen LogP contribution is -2.43. The first kappa shape index (κ1) is 24.2. The number of benzene rings is 1. The van der Waals surface area contributed by atoms with E-state index in [1.54, 1.807) is 19.2 Å². The number of imide groups is 1. The Labute approximate surface area is 205 Å². The van der Waals surface area contributed by atoms with Crippen LogP contribution < -0.4 is 16.0 Å². The standard InChI is InChI=1S/C23H29N5O3.HI/c1-3-25-20(29)15-6-4-14(5-7-15)13-27-23(24-2)26-10-11-28-21(30)18-16-8-9-17(12-16)19(18)22(28)31;/h4-9,16-19H,3,10-13H2,1-2H3,(H,25,29)(H2,24,26,27);1H. The number of fused-ring (bicyclic) bond motifs is 5. The average Bonchev–Trinajstić information content (AvgIpc) is 3.46. The van der Waals surface area contributed by atoms with E-state index in [0.29, 0.717) is 37.7 Å². The highest BCUT2D eigenvalue weighted by Gasteiger charge is 2.58. The molecule has 4 atom stereocenters. The van der Waals surface area contributed by atoms with Gasteiger partial charge < -0.3 is 16.0 Å². The highest BCUT2D eigenvalue weighted by molar-refractivity contribution is 14.0. The largest absolute Gasteiger partial charge is 0.355 e. The van der Waals surface area contributed by atoms with Gasteiger partial charge in [-0.05, 0) is 42.9 Å².